The van der Waals surface area contributed by atoms with E-state index in [1.165, 1.54) is 18.1 Å². The number of nitrogens with two attached hydrogens (primary N) is 1. The highest BCUT2D eigenvalue weighted by Crippen LogP contribution is 2.33. The van der Waals surface area contributed by atoms with Crippen molar-refractivity contribution in [3.63, 3.8) is 0 Å². The van der Waals surface area contributed by atoms with Gasteiger partial charge in [0.2, 0.25) is 0 Å². The lowest BCUT2D eigenvalue weighted by Crippen LogP contribution is -2.39. The third kappa shape index (κ3) is 4.73. The van der Waals surface area contributed by atoms with Gasteiger partial charge < -0.3 is 15.8 Å². The first-order valence-corrected chi connectivity index (χ1v) is 8.99. The number of morpholine rings is 1. The molecule has 8 heteroatoms. The number of halogens is 1. The monoisotopic (exact) mass is 365 g/mol. The molecule has 6 nitrogen and oxygen atoms in total. The fraction of sp³-hybridized carbons (Fsp3) is 0.375. The van der Waals surface area contributed by atoms with Crippen LogP contribution in [0.2, 0.25) is 5.02 Å². The van der Waals surface area contributed by atoms with Crippen LogP contribution in [0.4, 0.5) is 11.5 Å². The van der Waals surface area contributed by atoms with Gasteiger partial charge in [-0.1, -0.05) is 23.4 Å². The lowest BCUT2D eigenvalue weighted by atomic mass is 10.4. The van der Waals surface area contributed by atoms with Crippen molar-refractivity contribution in [2.24, 2.45) is 0 Å². The van der Waals surface area contributed by atoms with Crippen LogP contribution in [0.1, 0.15) is 0 Å². The van der Waals surface area contributed by atoms with E-state index in [0.717, 1.165) is 49.3 Å². The predicted molar refractivity (Wildman–Crippen MR) is 97.8 cm³/mol. The molecule has 0 spiro atoms. The fourth-order valence-corrected chi connectivity index (χ4v) is 3.30. The Kier molecular flexibility index (Phi) is 6.14. The molecule has 24 heavy (non-hydrogen) atoms. The standard InChI is InChI=1S/C16H20ClN5OS/c17-12-1-3-13(4-2-12)24-16-14(18)15(20-11-21-16)19-5-6-22-7-9-23-10-8-22/h1-4,11H,5-10,18H2,(H,19,20,21). The molecule has 0 aliphatic carbocycles. The molecule has 0 radical (unpaired) electrons. The summed E-state index contributed by atoms with van der Waals surface area (Å²) in [6, 6.07) is 7.59. The van der Waals surface area contributed by atoms with Crippen LogP contribution in [0.25, 0.3) is 0 Å². The number of nitrogens with zero attached hydrogens (tertiary/aromatic N) is 3. The fourth-order valence-electron chi connectivity index (χ4n) is 2.37. The highest BCUT2D eigenvalue weighted by molar-refractivity contribution is 7.99. The number of aromatic nitrogens is 2. The van der Waals surface area contributed by atoms with Gasteiger partial charge in [0.05, 0.1) is 13.2 Å². The minimum absolute atomic E-state index is 0.569. The zero-order chi connectivity index (χ0) is 16.8. The minimum Gasteiger partial charge on any atom is -0.394 e. The molecule has 0 bridgehead atoms. The van der Waals surface area contributed by atoms with Crippen molar-refractivity contribution in [1.82, 2.24) is 14.9 Å². The molecule has 0 atom stereocenters. The van der Waals surface area contributed by atoms with Crippen molar-refractivity contribution in [2.45, 2.75) is 9.92 Å². The number of nitrogen functional groups attached to an aromatic ring is 1. The van der Waals surface area contributed by atoms with Gasteiger partial charge in [-0.3, -0.25) is 4.90 Å². The van der Waals surface area contributed by atoms with Gasteiger partial charge in [0.15, 0.2) is 5.82 Å². The molecule has 1 aliphatic rings. The molecule has 2 heterocycles. The summed E-state index contributed by atoms with van der Waals surface area (Å²) in [5.74, 6) is 0.676. The van der Waals surface area contributed by atoms with Crippen LogP contribution in [0.5, 0.6) is 0 Å². The van der Waals surface area contributed by atoms with E-state index < -0.39 is 0 Å². The average molecular weight is 366 g/mol. The van der Waals surface area contributed by atoms with E-state index in [2.05, 4.69) is 20.2 Å². The van der Waals surface area contributed by atoms with Crippen molar-refractivity contribution < 1.29 is 4.74 Å². The van der Waals surface area contributed by atoms with Crippen molar-refractivity contribution in [3.8, 4) is 0 Å². The van der Waals surface area contributed by atoms with Gasteiger partial charge in [-0.2, -0.15) is 0 Å². The predicted octanol–water partition coefficient (Wildman–Crippen LogP) is 2.61. The molecule has 3 rings (SSSR count). The Balaban J connectivity index is 1.59. The molecule has 128 valence electrons. The van der Waals surface area contributed by atoms with Crippen LogP contribution in [-0.2, 0) is 4.74 Å². The van der Waals surface area contributed by atoms with Crippen LogP contribution < -0.4 is 11.1 Å². The highest BCUT2D eigenvalue weighted by atomic mass is 35.5. The van der Waals surface area contributed by atoms with Crippen LogP contribution in [-0.4, -0.2) is 54.3 Å². The number of anilines is 2. The third-order valence-corrected chi connectivity index (χ3v) is 4.98. The van der Waals surface area contributed by atoms with Gasteiger partial charge in [0.1, 0.15) is 17.0 Å². The Hall–Kier alpha value is -1.54. The second-order valence-electron chi connectivity index (χ2n) is 5.38. The first-order chi connectivity index (χ1) is 11.7. The quantitative estimate of drug-likeness (QED) is 0.762. The lowest BCUT2D eigenvalue weighted by Gasteiger charge is -2.26. The van der Waals surface area contributed by atoms with E-state index in [9.17, 15) is 0 Å². The van der Waals surface area contributed by atoms with Gasteiger partial charge in [-0.25, -0.2) is 9.97 Å². The highest BCUT2D eigenvalue weighted by Gasteiger charge is 2.12. The van der Waals surface area contributed by atoms with Gasteiger partial charge in [0.25, 0.3) is 0 Å². The lowest BCUT2D eigenvalue weighted by molar-refractivity contribution is 0.0398. The van der Waals surface area contributed by atoms with Crippen LogP contribution >= 0.6 is 23.4 Å². The van der Waals surface area contributed by atoms with E-state index in [1.54, 1.807) is 0 Å². The Morgan fingerprint density at radius 1 is 1.21 bits per heavy atom. The molecule has 1 aromatic heterocycles. The maximum absolute atomic E-state index is 6.21. The van der Waals surface area contributed by atoms with Crippen LogP contribution in [0, 0.1) is 0 Å². The first kappa shape index (κ1) is 17.3. The molecule has 3 N–H and O–H groups in total. The SMILES string of the molecule is Nc1c(NCCN2CCOCC2)ncnc1Sc1ccc(Cl)cc1. The molecule has 2 aromatic rings. The number of rotatable bonds is 6. The number of hydrogen-bond donors (Lipinski definition) is 2. The number of ether oxygens (including phenoxy) is 1. The summed E-state index contributed by atoms with van der Waals surface area (Å²) in [4.78, 5) is 11.9. The molecule has 0 unspecified atom stereocenters. The summed E-state index contributed by atoms with van der Waals surface area (Å²) in [6.07, 6.45) is 1.53. The zero-order valence-corrected chi connectivity index (χ0v) is 14.8. The van der Waals surface area contributed by atoms with E-state index in [4.69, 9.17) is 22.1 Å². The maximum Gasteiger partial charge on any atom is 0.153 e. The van der Waals surface area contributed by atoms with Crippen molar-refractivity contribution >= 4 is 34.9 Å². The Labute approximate surface area is 150 Å². The molecular weight excluding hydrogens is 346 g/mol. The van der Waals surface area contributed by atoms with Crippen molar-refractivity contribution in [2.75, 3.05) is 50.4 Å². The van der Waals surface area contributed by atoms with Crippen LogP contribution in [0.3, 0.4) is 0 Å². The normalized spacial score (nSPS) is 15.4. The second kappa shape index (κ2) is 8.53. The summed E-state index contributed by atoms with van der Waals surface area (Å²) in [7, 11) is 0. The van der Waals surface area contributed by atoms with Crippen molar-refractivity contribution in [3.05, 3.63) is 35.6 Å². The van der Waals surface area contributed by atoms with Gasteiger partial charge in [-0.05, 0) is 24.3 Å². The molecule has 1 aliphatic heterocycles. The summed E-state index contributed by atoms with van der Waals surface area (Å²) in [6.45, 7) is 5.27. The summed E-state index contributed by atoms with van der Waals surface area (Å²) >= 11 is 7.41. The summed E-state index contributed by atoms with van der Waals surface area (Å²) in [5.41, 5.74) is 6.78. The minimum atomic E-state index is 0.569. The Bertz CT molecular complexity index is 664. The number of benzene rings is 1. The van der Waals surface area contributed by atoms with Crippen LogP contribution in [0.15, 0.2) is 40.5 Å². The number of hydrogen-bond acceptors (Lipinski definition) is 7. The molecule has 0 amide bonds. The van der Waals surface area contributed by atoms with Gasteiger partial charge in [-0.15, -0.1) is 0 Å². The topological polar surface area (TPSA) is 76.3 Å². The first-order valence-electron chi connectivity index (χ1n) is 7.80. The molecule has 1 aromatic carbocycles. The Morgan fingerprint density at radius 3 is 2.71 bits per heavy atom. The van der Waals surface area contributed by atoms with Crippen molar-refractivity contribution in [1.29, 1.82) is 0 Å². The van der Waals surface area contributed by atoms with E-state index >= 15 is 0 Å². The molecular formula is C16H20ClN5OS. The average Bonchev–Trinajstić information content (AvgIpc) is 2.61. The molecule has 1 fully saturated rings. The summed E-state index contributed by atoms with van der Waals surface area (Å²) < 4.78 is 5.35. The molecule has 0 saturated carbocycles. The van der Waals surface area contributed by atoms with E-state index in [-0.39, 0.29) is 0 Å². The van der Waals surface area contributed by atoms with Gasteiger partial charge >= 0.3 is 0 Å². The third-order valence-electron chi connectivity index (χ3n) is 3.70. The van der Waals surface area contributed by atoms with E-state index in [0.29, 0.717) is 16.5 Å². The maximum atomic E-state index is 6.21. The molecule has 1 saturated heterocycles. The van der Waals surface area contributed by atoms with Gasteiger partial charge in [0, 0.05) is 36.1 Å². The summed E-state index contributed by atoms with van der Waals surface area (Å²) in [5, 5.41) is 4.75. The smallest absolute Gasteiger partial charge is 0.153 e. The largest absolute Gasteiger partial charge is 0.394 e. The second-order valence-corrected chi connectivity index (χ2v) is 6.88. The number of nitrogens with one attached hydrogen (secondary N) is 1. The zero-order valence-electron chi connectivity index (χ0n) is 13.2. The van der Waals surface area contributed by atoms with E-state index in [1.807, 2.05) is 24.3 Å². The Morgan fingerprint density at radius 2 is 1.96 bits per heavy atom.